The van der Waals surface area contributed by atoms with E-state index in [4.69, 9.17) is 0 Å². The SMILES string of the molecule is CCCNc1cnccc1C(=O)N1CCCC1C. The molecule has 1 atom stereocenters. The number of nitrogens with one attached hydrogen (secondary N) is 1. The van der Waals surface area contributed by atoms with Crippen molar-refractivity contribution in [2.24, 2.45) is 0 Å². The Bertz CT molecular complexity index is 419. The molecule has 0 saturated carbocycles. The molecule has 4 nitrogen and oxygen atoms in total. The van der Waals surface area contributed by atoms with Crippen LogP contribution in [0.1, 0.15) is 43.5 Å². The number of hydrogen-bond acceptors (Lipinski definition) is 3. The van der Waals surface area contributed by atoms with E-state index in [-0.39, 0.29) is 5.91 Å². The molecule has 1 aromatic heterocycles. The minimum atomic E-state index is 0.126. The Morgan fingerprint density at radius 3 is 3.11 bits per heavy atom. The molecule has 0 radical (unpaired) electrons. The molecule has 1 fully saturated rings. The van der Waals surface area contributed by atoms with E-state index in [1.807, 2.05) is 11.0 Å². The normalized spacial score (nSPS) is 19.0. The fourth-order valence-electron chi connectivity index (χ4n) is 2.37. The van der Waals surface area contributed by atoms with Gasteiger partial charge in [-0.3, -0.25) is 9.78 Å². The number of aromatic nitrogens is 1. The van der Waals surface area contributed by atoms with E-state index in [0.717, 1.165) is 43.6 Å². The van der Waals surface area contributed by atoms with Crippen molar-refractivity contribution < 1.29 is 4.79 Å². The molecule has 0 aromatic carbocycles. The van der Waals surface area contributed by atoms with Crippen molar-refractivity contribution in [3.63, 3.8) is 0 Å². The Morgan fingerprint density at radius 2 is 2.44 bits per heavy atom. The van der Waals surface area contributed by atoms with Crippen LogP contribution in [-0.2, 0) is 0 Å². The second-order valence-electron chi connectivity index (χ2n) is 4.84. The van der Waals surface area contributed by atoms with Crippen LogP contribution in [0.2, 0.25) is 0 Å². The summed E-state index contributed by atoms with van der Waals surface area (Å²) >= 11 is 0. The lowest BCUT2D eigenvalue weighted by Gasteiger charge is -2.22. The van der Waals surface area contributed by atoms with Crippen LogP contribution in [-0.4, -0.2) is 34.9 Å². The molecule has 98 valence electrons. The van der Waals surface area contributed by atoms with Crippen LogP contribution >= 0.6 is 0 Å². The van der Waals surface area contributed by atoms with Crippen molar-refractivity contribution in [2.45, 2.75) is 39.2 Å². The Hall–Kier alpha value is -1.58. The van der Waals surface area contributed by atoms with Gasteiger partial charge in [-0.2, -0.15) is 0 Å². The molecule has 1 saturated heterocycles. The molecule has 1 aliphatic rings. The van der Waals surface area contributed by atoms with Crippen LogP contribution in [0.5, 0.6) is 0 Å². The zero-order valence-electron chi connectivity index (χ0n) is 11.1. The van der Waals surface area contributed by atoms with Gasteiger partial charge in [0.1, 0.15) is 0 Å². The minimum Gasteiger partial charge on any atom is -0.383 e. The highest BCUT2D eigenvalue weighted by Gasteiger charge is 2.27. The molecule has 1 aliphatic heterocycles. The zero-order valence-corrected chi connectivity index (χ0v) is 11.1. The smallest absolute Gasteiger partial charge is 0.256 e. The van der Waals surface area contributed by atoms with Gasteiger partial charge in [0.15, 0.2) is 0 Å². The number of pyridine rings is 1. The van der Waals surface area contributed by atoms with E-state index in [9.17, 15) is 4.79 Å². The fourth-order valence-corrected chi connectivity index (χ4v) is 2.37. The molecule has 1 amide bonds. The molecular formula is C14H21N3O. The first-order chi connectivity index (χ1) is 8.74. The number of carbonyl (C=O) groups excluding carboxylic acids is 1. The first kappa shape index (κ1) is 12.9. The summed E-state index contributed by atoms with van der Waals surface area (Å²) < 4.78 is 0. The highest BCUT2D eigenvalue weighted by Crippen LogP contribution is 2.22. The Balaban J connectivity index is 2.18. The first-order valence-corrected chi connectivity index (χ1v) is 6.73. The quantitative estimate of drug-likeness (QED) is 0.889. The van der Waals surface area contributed by atoms with Gasteiger partial charge >= 0.3 is 0 Å². The zero-order chi connectivity index (χ0) is 13.0. The lowest BCUT2D eigenvalue weighted by Crippen LogP contribution is -2.34. The van der Waals surface area contributed by atoms with Crippen molar-refractivity contribution in [3.05, 3.63) is 24.0 Å². The Labute approximate surface area is 108 Å². The number of likely N-dealkylation sites (tertiary alicyclic amines) is 1. The summed E-state index contributed by atoms with van der Waals surface area (Å²) in [7, 11) is 0. The van der Waals surface area contributed by atoms with E-state index in [0.29, 0.717) is 6.04 Å². The predicted molar refractivity (Wildman–Crippen MR) is 72.8 cm³/mol. The summed E-state index contributed by atoms with van der Waals surface area (Å²) in [5.41, 5.74) is 1.59. The van der Waals surface area contributed by atoms with Crippen LogP contribution in [0.3, 0.4) is 0 Å². The fraction of sp³-hybridized carbons (Fsp3) is 0.571. The standard InChI is InChI=1S/C14H21N3O/c1-3-7-16-13-10-15-8-6-12(13)14(18)17-9-4-5-11(17)2/h6,8,10-11,16H,3-5,7,9H2,1-2H3. The number of hydrogen-bond donors (Lipinski definition) is 1. The average Bonchev–Trinajstić information content (AvgIpc) is 2.82. The summed E-state index contributed by atoms with van der Waals surface area (Å²) in [5, 5.41) is 3.27. The minimum absolute atomic E-state index is 0.126. The molecule has 1 N–H and O–H groups in total. The van der Waals surface area contributed by atoms with Gasteiger partial charge in [-0.05, 0) is 32.3 Å². The maximum atomic E-state index is 12.5. The van der Waals surface area contributed by atoms with Gasteiger partial charge in [0.05, 0.1) is 17.4 Å². The molecule has 18 heavy (non-hydrogen) atoms. The average molecular weight is 247 g/mol. The molecule has 1 aromatic rings. The van der Waals surface area contributed by atoms with Crippen LogP contribution in [0.25, 0.3) is 0 Å². The molecule has 1 unspecified atom stereocenters. The predicted octanol–water partition coefficient (Wildman–Crippen LogP) is 2.53. The van der Waals surface area contributed by atoms with E-state index in [2.05, 4.69) is 24.1 Å². The van der Waals surface area contributed by atoms with Gasteiger partial charge in [-0.25, -0.2) is 0 Å². The van der Waals surface area contributed by atoms with Gasteiger partial charge in [0, 0.05) is 25.3 Å². The van der Waals surface area contributed by atoms with Crippen molar-refractivity contribution >= 4 is 11.6 Å². The summed E-state index contributed by atoms with van der Waals surface area (Å²) in [5.74, 6) is 0.126. The maximum absolute atomic E-state index is 12.5. The largest absolute Gasteiger partial charge is 0.383 e. The van der Waals surface area contributed by atoms with Gasteiger partial charge in [-0.1, -0.05) is 6.92 Å². The highest BCUT2D eigenvalue weighted by molar-refractivity contribution is 5.99. The molecule has 2 rings (SSSR count). The number of anilines is 1. The number of amides is 1. The van der Waals surface area contributed by atoms with Gasteiger partial charge < -0.3 is 10.2 Å². The summed E-state index contributed by atoms with van der Waals surface area (Å²) in [6.45, 7) is 5.95. The van der Waals surface area contributed by atoms with Crippen molar-refractivity contribution in [3.8, 4) is 0 Å². The van der Waals surface area contributed by atoms with Crippen molar-refractivity contribution in [1.29, 1.82) is 0 Å². The van der Waals surface area contributed by atoms with Gasteiger partial charge in [-0.15, -0.1) is 0 Å². The second-order valence-corrected chi connectivity index (χ2v) is 4.84. The van der Waals surface area contributed by atoms with Gasteiger partial charge in [0.25, 0.3) is 5.91 Å². The lowest BCUT2D eigenvalue weighted by molar-refractivity contribution is 0.0748. The summed E-state index contributed by atoms with van der Waals surface area (Å²) in [6.07, 6.45) is 6.67. The van der Waals surface area contributed by atoms with E-state index in [1.165, 1.54) is 0 Å². The number of carbonyl (C=O) groups is 1. The van der Waals surface area contributed by atoms with Crippen LogP contribution in [0.15, 0.2) is 18.5 Å². The van der Waals surface area contributed by atoms with E-state index in [1.54, 1.807) is 12.4 Å². The summed E-state index contributed by atoms with van der Waals surface area (Å²) in [4.78, 5) is 18.6. The monoisotopic (exact) mass is 247 g/mol. The van der Waals surface area contributed by atoms with E-state index >= 15 is 0 Å². The molecule has 0 spiro atoms. The second kappa shape index (κ2) is 5.85. The maximum Gasteiger partial charge on any atom is 0.256 e. The molecule has 0 aliphatic carbocycles. The van der Waals surface area contributed by atoms with Crippen LogP contribution < -0.4 is 5.32 Å². The third kappa shape index (κ3) is 2.63. The molecule has 4 heteroatoms. The molecule has 2 heterocycles. The highest BCUT2D eigenvalue weighted by atomic mass is 16.2. The third-order valence-electron chi connectivity index (χ3n) is 3.43. The van der Waals surface area contributed by atoms with Crippen molar-refractivity contribution in [2.75, 3.05) is 18.4 Å². The molecular weight excluding hydrogens is 226 g/mol. The lowest BCUT2D eigenvalue weighted by atomic mass is 10.1. The Kier molecular flexibility index (Phi) is 4.18. The van der Waals surface area contributed by atoms with Crippen molar-refractivity contribution in [1.82, 2.24) is 9.88 Å². The van der Waals surface area contributed by atoms with Crippen LogP contribution in [0.4, 0.5) is 5.69 Å². The first-order valence-electron chi connectivity index (χ1n) is 6.73. The third-order valence-corrected chi connectivity index (χ3v) is 3.43. The summed E-state index contributed by atoms with van der Waals surface area (Å²) in [6, 6.07) is 2.16. The molecule has 0 bridgehead atoms. The topological polar surface area (TPSA) is 45.2 Å². The van der Waals surface area contributed by atoms with Gasteiger partial charge in [0.2, 0.25) is 0 Å². The number of rotatable bonds is 4. The Morgan fingerprint density at radius 1 is 1.61 bits per heavy atom. The van der Waals surface area contributed by atoms with E-state index < -0.39 is 0 Å². The number of nitrogens with zero attached hydrogens (tertiary/aromatic N) is 2. The van der Waals surface area contributed by atoms with Crippen LogP contribution in [0, 0.1) is 0 Å².